The van der Waals surface area contributed by atoms with Crippen LogP contribution in [0.5, 0.6) is 0 Å². The molecule has 0 saturated heterocycles. The zero-order chi connectivity index (χ0) is 55.9. The lowest BCUT2D eigenvalue weighted by molar-refractivity contribution is 1.25. The van der Waals surface area contributed by atoms with Crippen LogP contribution in [0.2, 0.25) is 0 Å². The van der Waals surface area contributed by atoms with Crippen LogP contribution in [0.4, 0.5) is 0 Å². The van der Waals surface area contributed by atoms with E-state index in [1.165, 1.54) is 172 Å². The first-order valence-corrected chi connectivity index (χ1v) is 28.6. The average Bonchev–Trinajstić information content (AvgIpc) is 3.67. The predicted molar refractivity (Wildman–Crippen MR) is 349 cm³/mol. The number of rotatable bonds is 11. The summed E-state index contributed by atoms with van der Waals surface area (Å²) < 4.78 is 0. The van der Waals surface area contributed by atoms with Gasteiger partial charge in [-0.1, -0.05) is 254 Å². The summed E-state index contributed by atoms with van der Waals surface area (Å²) in [6, 6.07) is 91.7. The number of hydrogen-bond donors (Lipinski definition) is 0. The van der Waals surface area contributed by atoms with Crippen LogP contribution in [-0.4, -0.2) is 0 Å². The summed E-state index contributed by atoms with van der Waals surface area (Å²) in [6.07, 6.45) is 0. The Hall–Kier alpha value is -9.36. The highest BCUT2D eigenvalue weighted by Crippen LogP contribution is 2.43. The molecule has 0 N–H and O–H groups in total. The van der Waals surface area contributed by atoms with Gasteiger partial charge in [-0.2, -0.15) is 0 Å². The van der Waals surface area contributed by atoms with E-state index in [0.29, 0.717) is 0 Å². The fourth-order valence-corrected chi connectivity index (χ4v) is 12.5. The van der Waals surface area contributed by atoms with Crippen LogP contribution in [0.25, 0.3) is 122 Å². The molecule has 81 heavy (non-hydrogen) atoms. The molecule has 0 bridgehead atoms. The van der Waals surface area contributed by atoms with Crippen molar-refractivity contribution in [3.63, 3.8) is 0 Å². The Bertz CT molecular complexity index is 4160. The van der Waals surface area contributed by atoms with Crippen molar-refractivity contribution in [1.82, 2.24) is 0 Å². The Balaban J connectivity index is 0.692. The van der Waals surface area contributed by atoms with E-state index in [2.05, 4.69) is 311 Å². The Kier molecular flexibility index (Phi) is 14.3. The lowest BCUT2D eigenvalue weighted by Gasteiger charge is -2.21. The van der Waals surface area contributed by atoms with Crippen LogP contribution in [-0.2, 0) is 0 Å². The Morgan fingerprint density at radius 3 is 0.407 bits per heavy atom. The van der Waals surface area contributed by atoms with E-state index in [9.17, 15) is 0 Å². The fourth-order valence-electron chi connectivity index (χ4n) is 12.5. The van der Waals surface area contributed by atoms with Gasteiger partial charge in [0.25, 0.3) is 0 Å². The first-order chi connectivity index (χ1) is 39.4. The van der Waals surface area contributed by atoms with Crippen molar-refractivity contribution in [3.8, 4) is 122 Å². The van der Waals surface area contributed by atoms with Crippen LogP contribution in [0, 0.1) is 62.3 Å². The molecule has 0 radical (unpaired) electrons. The molecule has 0 atom stereocenters. The van der Waals surface area contributed by atoms with E-state index >= 15 is 0 Å². The molecule has 0 unspecified atom stereocenters. The largest absolute Gasteiger partial charge is 0.0622 e. The molecule has 0 amide bonds. The van der Waals surface area contributed by atoms with E-state index in [4.69, 9.17) is 0 Å². The third-order valence-corrected chi connectivity index (χ3v) is 17.6. The lowest BCUT2D eigenvalue weighted by Crippen LogP contribution is -2.00. The van der Waals surface area contributed by atoms with Crippen LogP contribution in [0.1, 0.15) is 50.1 Å². The molecule has 0 heterocycles. The molecule has 0 aliphatic carbocycles. The van der Waals surface area contributed by atoms with Gasteiger partial charge in [-0.25, -0.2) is 0 Å². The molecule has 392 valence electrons. The van der Waals surface area contributed by atoms with Gasteiger partial charge >= 0.3 is 0 Å². The van der Waals surface area contributed by atoms with Gasteiger partial charge in [-0.05, 0) is 229 Å². The van der Waals surface area contributed by atoms with Gasteiger partial charge in [0.15, 0.2) is 0 Å². The predicted octanol–water partition coefficient (Wildman–Crippen LogP) is 22.8. The van der Waals surface area contributed by atoms with Crippen LogP contribution in [0.3, 0.4) is 0 Å². The molecule has 0 spiro atoms. The third-order valence-electron chi connectivity index (χ3n) is 17.6. The molecular formula is C81H68. The van der Waals surface area contributed by atoms with Crippen LogP contribution in [0.15, 0.2) is 249 Å². The summed E-state index contributed by atoms with van der Waals surface area (Å²) >= 11 is 0. The van der Waals surface area contributed by atoms with Crippen molar-refractivity contribution in [2.24, 2.45) is 0 Å². The van der Waals surface area contributed by atoms with Gasteiger partial charge in [0.05, 0.1) is 0 Å². The Morgan fingerprint density at radius 1 is 0.123 bits per heavy atom. The molecule has 0 saturated carbocycles. The lowest BCUT2D eigenvalue weighted by atomic mass is 9.83. The van der Waals surface area contributed by atoms with E-state index in [0.717, 1.165) is 0 Å². The van der Waals surface area contributed by atoms with Crippen molar-refractivity contribution in [1.29, 1.82) is 0 Å². The van der Waals surface area contributed by atoms with Crippen molar-refractivity contribution in [2.45, 2.75) is 62.3 Å². The second-order valence-electron chi connectivity index (χ2n) is 22.4. The summed E-state index contributed by atoms with van der Waals surface area (Å²) in [6.45, 7) is 20.4. The summed E-state index contributed by atoms with van der Waals surface area (Å²) in [5.74, 6) is 0. The highest BCUT2D eigenvalue weighted by Gasteiger charge is 2.20. The Morgan fingerprint density at radius 2 is 0.247 bits per heavy atom. The first-order valence-electron chi connectivity index (χ1n) is 28.6. The Labute approximate surface area is 480 Å². The van der Waals surface area contributed by atoms with Gasteiger partial charge in [0.1, 0.15) is 0 Å². The standard InChI is InChI=1S/C81H68/c1-51-15-17-61(18-16-51)63-19-21-68(22-20-63)71-37-45-75(46-38-71)80-56(6)58(8)81(59(9)57(80)7)77-49-41-73(42-50-77)70-33-29-67(30-34-70)65-25-23-64(24-26-65)66-27-31-69(32-28-66)72-39-47-76(48-40-72)79-54(4)52(2)78(53(3)55(79)5)74-43-35-62(36-44-74)60-13-11-10-12-14-60/h10-50H,1-9H3. The van der Waals surface area contributed by atoms with Crippen LogP contribution < -0.4 is 0 Å². The van der Waals surface area contributed by atoms with E-state index < -0.39 is 0 Å². The minimum absolute atomic E-state index is 1.21. The minimum Gasteiger partial charge on any atom is -0.0622 e. The molecule has 12 aromatic carbocycles. The topological polar surface area (TPSA) is 0 Å². The molecule has 12 rings (SSSR count). The smallest absolute Gasteiger partial charge is 0.0120 e. The quantitative estimate of drug-likeness (QED) is 0.121. The number of aryl methyl sites for hydroxylation is 1. The summed E-state index contributed by atoms with van der Waals surface area (Å²) in [5.41, 5.74) is 39.5. The molecule has 0 fully saturated rings. The maximum atomic E-state index is 2.30. The summed E-state index contributed by atoms with van der Waals surface area (Å²) in [4.78, 5) is 0. The van der Waals surface area contributed by atoms with Gasteiger partial charge < -0.3 is 0 Å². The van der Waals surface area contributed by atoms with Crippen LogP contribution >= 0.6 is 0 Å². The molecule has 0 aromatic heterocycles. The third kappa shape index (κ3) is 10.2. The molecule has 0 aliphatic rings. The fraction of sp³-hybridized carbons (Fsp3) is 0.111. The second kappa shape index (κ2) is 22.1. The van der Waals surface area contributed by atoms with Gasteiger partial charge in [-0.3, -0.25) is 0 Å². The number of benzene rings is 12. The van der Waals surface area contributed by atoms with Gasteiger partial charge in [-0.15, -0.1) is 0 Å². The van der Waals surface area contributed by atoms with E-state index in [1.54, 1.807) is 0 Å². The zero-order valence-electron chi connectivity index (χ0n) is 48.2. The highest BCUT2D eigenvalue weighted by molar-refractivity contribution is 5.87. The molecule has 0 nitrogen and oxygen atoms in total. The highest BCUT2D eigenvalue weighted by atomic mass is 14.2. The molecule has 0 aliphatic heterocycles. The molecule has 12 aromatic rings. The SMILES string of the molecule is Cc1ccc(-c2ccc(-c3ccc(-c4c(C)c(C)c(-c5ccc(-c6ccc(-c7ccc(-c8ccc(-c9ccc(-c%10c(C)c(C)c(-c%11ccc(-c%12ccccc%12)cc%11)c(C)c%10C)cc9)cc8)cc7)cc6)cc5)c(C)c4C)cc3)cc2)cc1. The summed E-state index contributed by atoms with van der Waals surface area (Å²) in [7, 11) is 0. The molecular weight excluding hydrogens is 973 g/mol. The van der Waals surface area contributed by atoms with Gasteiger partial charge in [0.2, 0.25) is 0 Å². The van der Waals surface area contributed by atoms with E-state index in [-0.39, 0.29) is 0 Å². The second-order valence-corrected chi connectivity index (χ2v) is 22.4. The normalized spacial score (nSPS) is 11.3. The van der Waals surface area contributed by atoms with Gasteiger partial charge in [0, 0.05) is 0 Å². The number of hydrogen-bond acceptors (Lipinski definition) is 0. The monoisotopic (exact) mass is 1040 g/mol. The van der Waals surface area contributed by atoms with Crippen molar-refractivity contribution < 1.29 is 0 Å². The van der Waals surface area contributed by atoms with Crippen molar-refractivity contribution in [3.05, 3.63) is 299 Å². The minimum atomic E-state index is 1.21. The first kappa shape index (κ1) is 52.3. The average molecular weight is 1040 g/mol. The summed E-state index contributed by atoms with van der Waals surface area (Å²) in [5, 5.41) is 0. The van der Waals surface area contributed by atoms with E-state index in [1.807, 2.05) is 0 Å². The van der Waals surface area contributed by atoms with Crippen molar-refractivity contribution in [2.75, 3.05) is 0 Å². The maximum absolute atomic E-state index is 2.30. The maximum Gasteiger partial charge on any atom is -0.0120 e. The van der Waals surface area contributed by atoms with Crippen molar-refractivity contribution >= 4 is 0 Å². The zero-order valence-corrected chi connectivity index (χ0v) is 48.2. The molecule has 0 heteroatoms.